The van der Waals surface area contributed by atoms with E-state index in [9.17, 15) is 14.4 Å². The van der Waals surface area contributed by atoms with Gasteiger partial charge in [0.05, 0.1) is 0 Å². The van der Waals surface area contributed by atoms with Crippen molar-refractivity contribution in [2.24, 2.45) is 0 Å². The second-order valence-electron chi connectivity index (χ2n) is 8.21. The van der Waals surface area contributed by atoms with Crippen LogP contribution in [0.3, 0.4) is 0 Å². The average molecular weight is 404 g/mol. The molecule has 2 aromatic carbocycles. The van der Waals surface area contributed by atoms with Crippen LogP contribution in [0.2, 0.25) is 0 Å². The minimum absolute atomic E-state index is 0.130. The molecule has 30 heavy (non-hydrogen) atoms. The Morgan fingerprint density at radius 2 is 1.93 bits per heavy atom. The highest BCUT2D eigenvalue weighted by molar-refractivity contribution is 6.05. The molecule has 3 heterocycles. The summed E-state index contributed by atoms with van der Waals surface area (Å²) in [6.07, 6.45) is 1.62. The molecule has 2 aromatic rings. The summed E-state index contributed by atoms with van der Waals surface area (Å²) in [7, 11) is 0. The SMILES string of the molecule is O=C1CCC(N2Cc3ccc(CNC4CNc5ccccc5C4)cc3C2=O)C(=O)N1. The molecule has 1 saturated heterocycles. The summed E-state index contributed by atoms with van der Waals surface area (Å²) in [5, 5.41) is 9.39. The van der Waals surface area contributed by atoms with Crippen molar-refractivity contribution in [3.05, 3.63) is 64.7 Å². The zero-order valence-electron chi connectivity index (χ0n) is 16.6. The van der Waals surface area contributed by atoms with E-state index in [1.807, 2.05) is 24.3 Å². The predicted octanol–water partition coefficient (Wildman–Crippen LogP) is 1.57. The third-order valence-corrected chi connectivity index (χ3v) is 6.21. The number of imide groups is 1. The Morgan fingerprint density at radius 3 is 2.80 bits per heavy atom. The van der Waals surface area contributed by atoms with Crippen LogP contribution in [0.1, 0.15) is 39.9 Å². The summed E-state index contributed by atoms with van der Waals surface area (Å²) < 4.78 is 0. The van der Waals surface area contributed by atoms with Gasteiger partial charge in [-0.3, -0.25) is 19.7 Å². The molecular weight excluding hydrogens is 380 g/mol. The van der Waals surface area contributed by atoms with Gasteiger partial charge in [-0.15, -0.1) is 0 Å². The molecule has 0 spiro atoms. The predicted molar refractivity (Wildman–Crippen MR) is 112 cm³/mol. The second-order valence-corrected chi connectivity index (χ2v) is 8.21. The molecule has 1 fully saturated rings. The van der Waals surface area contributed by atoms with Crippen LogP contribution in [0, 0.1) is 0 Å². The van der Waals surface area contributed by atoms with Gasteiger partial charge < -0.3 is 15.5 Å². The third kappa shape index (κ3) is 3.45. The summed E-state index contributed by atoms with van der Waals surface area (Å²) in [6, 6.07) is 14.0. The lowest BCUT2D eigenvalue weighted by atomic mass is 9.99. The highest BCUT2D eigenvalue weighted by Gasteiger charge is 2.39. The first-order chi connectivity index (χ1) is 14.6. The van der Waals surface area contributed by atoms with Crippen LogP contribution in [0.5, 0.6) is 0 Å². The van der Waals surface area contributed by atoms with E-state index >= 15 is 0 Å². The van der Waals surface area contributed by atoms with E-state index in [2.05, 4.69) is 34.1 Å². The average Bonchev–Trinajstić information content (AvgIpc) is 3.08. The largest absolute Gasteiger partial charge is 0.383 e. The highest BCUT2D eigenvalue weighted by Crippen LogP contribution is 2.28. The van der Waals surface area contributed by atoms with E-state index in [0.29, 0.717) is 31.1 Å². The summed E-state index contributed by atoms with van der Waals surface area (Å²) in [5.74, 6) is -0.775. The van der Waals surface area contributed by atoms with Gasteiger partial charge in [-0.05, 0) is 41.7 Å². The van der Waals surface area contributed by atoms with Gasteiger partial charge in [0, 0.05) is 43.3 Å². The lowest BCUT2D eigenvalue weighted by molar-refractivity contribution is -0.136. The van der Waals surface area contributed by atoms with E-state index in [-0.39, 0.29) is 24.1 Å². The Labute approximate surface area is 174 Å². The minimum atomic E-state index is -0.572. The van der Waals surface area contributed by atoms with Gasteiger partial charge in [0.1, 0.15) is 6.04 Å². The summed E-state index contributed by atoms with van der Waals surface area (Å²) >= 11 is 0. The van der Waals surface area contributed by atoms with Crippen LogP contribution in [0.4, 0.5) is 5.69 Å². The molecule has 3 aliphatic heterocycles. The Bertz CT molecular complexity index is 1030. The first kappa shape index (κ1) is 18.8. The molecule has 0 saturated carbocycles. The van der Waals surface area contributed by atoms with Crippen molar-refractivity contribution < 1.29 is 14.4 Å². The number of anilines is 1. The van der Waals surface area contributed by atoms with Crippen LogP contribution in [-0.2, 0) is 29.1 Å². The summed E-state index contributed by atoms with van der Waals surface area (Å²) in [5.41, 5.74) is 5.15. The quantitative estimate of drug-likeness (QED) is 0.673. The van der Waals surface area contributed by atoms with E-state index in [0.717, 1.165) is 24.1 Å². The zero-order valence-corrected chi connectivity index (χ0v) is 16.6. The van der Waals surface area contributed by atoms with Crippen molar-refractivity contribution in [2.45, 2.75) is 44.4 Å². The maximum atomic E-state index is 12.9. The molecule has 0 radical (unpaired) electrons. The molecular formula is C23H24N4O3. The second kappa shape index (κ2) is 7.57. The Kier molecular flexibility index (Phi) is 4.75. The Balaban J connectivity index is 1.24. The van der Waals surface area contributed by atoms with E-state index in [1.54, 1.807) is 4.90 Å². The molecule has 0 aliphatic carbocycles. The van der Waals surface area contributed by atoms with Crippen molar-refractivity contribution >= 4 is 23.4 Å². The van der Waals surface area contributed by atoms with Gasteiger partial charge in [-0.1, -0.05) is 30.3 Å². The van der Waals surface area contributed by atoms with Gasteiger partial charge in [0.15, 0.2) is 0 Å². The number of piperidine rings is 1. The molecule has 2 atom stereocenters. The van der Waals surface area contributed by atoms with Crippen molar-refractivity contribution in [3.8, 4) is 0 Å². The fourth-order valence-electron chi connectivity index (χ4n) is 4.56. The number of rotatable bonds is 4. The lowest BCUT2D eigenvalue weighted by Crippen LogP contribution is -2.52. The maximum absolute atomic E-state index is 12.9. The van der Waals surface area contributed by atoms with Gasteiger partial charge >= 0.3 is 0 Å². The molecule has 7 nitrogen and oxygen atoms in total. The van der Waals surface area contributed by atoms with Crippen molar-refractivity contribution in [2.75, 3.05) is 11.9 Å². The third-order valence-electron chi connectivity index (χ3n) is 6.21. The molecule has 3 amide bonds. The van der Waals surface area contributed by atoms with Crippen molar-refractivity contribution in [1.29, 1.82) is 0 Å². The molecule has 0 bridgehead atoms. The standard InChI is InChI=1S/C23H24N4O3/c28-21-8-7-20(22(29)26-21)27-13-16-6-5-14(9-18(16)23(27)30)11-24-17-10-15-3-1-2-4-19(15)25-12-17/h1-6,9,17,20,24-25H,7-8,10-13H2,(H,26,28,29). The van der Waals surface area contributed by atoms with Crippen LogP contribution in [0.25, 0.3) is 0 Å². The number of amides is 3. The summed E-state index contributed by atoms with van der Waals surface area (Å²) in [4.78, 5) is 38.1. The fourth-order valence-corrected chi connectivity index (χ4v) is 4.56. The topological polar surface area (TPSA) is 90.5 Å². The molecule has 2 unspecified atom stereocenters. The van der Waals surface area contributed by atoms with Crippen LogP contribution in [-0.4, -0.2) is 41.2 Å². The molecule has 7 heteroatoms. The van der Waals surface area contributed by atoms with Gasteiger partial charge in [-0.2, -0.15) is 0 Å². The Morgan fingerprint density at radius 1 is 1.07 bits per heavy atom. The number of fused-ring (bicyclic) bond motifs is 2. The van der Waals surface area contributed by atoms with Gasteiger partial charge in [0.25, 0.3) is 5.91 Å². The minimum Gasteiger partial charge on any atom is -0.383 e. The molecule has 0 aromatic heterocycles. The molecule has 3 aliphatic rings. The van der Waals surface area contributed by atoms with E-state index in [4.69, 9.17) is 0 Å². The zero-order chi connectivity index (χ0) is 20.7. The van der Waals surface area contributed by atoms with E-state index < -0.39 is 6.04 Å². The maximum Gasteiger partial charge on any atom is 0.255 e. The van der Waals surface area contributed by atoms with Crippen molar-refractivity contribution in [3.63, 3.8) is 0 Å². The highest BCUT2D eigenvalue weighted by atomic mass is 16.2. The molecule has 154 valence electrons. The van der Waals surface area contributed by atoms with Crippen LogP contribution < -0.4 is 16.0 Å². The number of carbonyl (C=O) groups excluding carboxylic acids is 3. The monoisotopic (exact) mass is 404 g/mol. The van der Waals surface area contributed by atoms with Crippen LogP contribution in [0.15, 0.2) is 42.5 Å². The lowest BCUT2D eigenvalue weighted by Gasteiger charge is -2.29. The first-order valence-corrected chi connectivity index (χ1v) is 10.4. The molecule has 5 rings (SSSR count). The number of nitrogens with one attached hydrogen (secondary N) is 3. The van der Waals surface area contributed by atoms with Gasteiger partial charge in [0.2, 0.25) is 11.8 Å². The number of hydrogen-bond acceptors (Lipinski definition) is 5. The van der Waals surface area contributed by atoms with Gasteiger partial charge in [-0.25, -0.2) is 0 Å². The van der Waals surface area contributed by atoms with Crippen molar-refractivity contribution in [1.82, 2.24) is 15.5 Å². The Hall–Kier alpha value is -3.19. The fraction of sp³-hybridized carbons (Fsp3) is 0.348. The summed E-state index contributed by atoms with van der Waals surface area (Å²) in [6.45, 7) is 1.95. The van der Waals surface area contributed by atoms with E-state index in [1.165, 1.54) is 11.3 Å². The normalized spacial score (nSPS) is 22.9. The van der Waals surface area contributed by atoms with Crippen LogP contribution >= 0.6 is 0 Å². The first-order valence-electron chi connectivity index (χ1n) is 10.4. The number of carbonyl (C=O) groups is 3. The number of para-hydroxylation sites is 1. The number of nitrogens with zero attached hydrogens (tertiary/aromatic N) is 1. The number of hydrogen-bond donors (Lipinski definition) is 3. The smallest absolute Gasteiger partial charge is 0.255 e. The molecule has 3 N–H and O–H groups in total. The number of benzene rings is 2.